The number of nitrogens with one attached hydrogen (secondary N) is 2. The molecule has 7 heteroatoms. The van der Waals surface area contributed by atoms with E-state index in [4.69, 9.17) is 5.73 Å². The van der Waals surface area contributed by atoms with Crippen LogP contribution in [0.3, 0.4) is 0 Å². The Morgan fingerprint density at radius 1 is 1.08 bits per heavy atom. The van der Waals surface area contributed by atoms with Crippen molar-refractivity contribution >= 4 is 30.9 Å². The lowest BCUT2D eigenvalue weighted by molar-refractivity contribution is 0.1000. The van der Waals surface area contributed by atoms with Crippen LogP contribution in [0.5, 0.6) is 0 Å². The molecular weight excluding hydrogens is 337 g/mol. The van der Waals surface area contributed by atoms with E-state index >= 15 is 0 Å². The summed E-state index contributed by atoms with van der Waals surface area (Å²) in [5.74, 6) is -1.33. The minimum absolute atomic E-state index is 0.0946. The van der Waals surface area contributed by atoms with Gasteiger partial charge in [0.25, 0.3) is 0 Å². The van der Waals surface area contributed by atoms with Crippen LogP contribution in [-0.4, -0.2) is 20.0 Å². The number of nitrogens with two attached hydrogens (primary N) is 1. The van der Waals surface area contributed by atoms with Gasteiger partial charge in [0.05, 0.1) is 13.8 Å². The molecule has 0 heterocycles. The molecule has 25 heavy (non-hydrogen) atoms. The summed E-state index contributed by atoms with van der Waals surface area (Å²) in [6, 6.07) is 11.1. The predicted molar refractivity (Wildman–Crippen MR) is 100 cm³/mol. The molecule has 5 nitrogen and oxygen atoms in total. The number of primary amides is 1. The fourth-order valence-corrected chi connectivity index (χ4v) is 3.41. The first-order chi connectivity index (χ1) is 11.7. The van der Waals surface area contributed by atoms with E-state index in [0.29, 0.717) is 6.54 Å². The maximum absolute atomic E-state index is 13.7. The highest BCUT2D eigenvalue weighted by Crippen LogP contribution is 2.16. The molecule has 3 amide bonds. The van der Waals surface area contributed by atoms with Gasteiger partial charge in [-0.1, -0.05) is 49.1 Å². The van der Waals surface area contributed by atoms with Gasteiger partial charge in [-0.05, 0) is 23.8 Å². The van der Waals surface area contributed by atoms with E-state index in [1.807, 2.05) is 12.1 Å². The van der Waals surface area contributed by atoms with Crippen molar-refractivity contribution in [2.24, 2.45) is 5.73 Å². The van der Waals surface area contributed by atoms with Crippen LogP contribution in [0.4, 0.5) is 14.9 Å². The van der Waals surface area contributed by atoms with Crippen molar-refractivity contribution in [3.63, 3.8) is 0 Å². The third kappa shape index (κ3) is 5.15. The van der Waals surface area contributed by atoms with Crippen molar-refractivity contribution in [3.8, 4) is 0 Å². The highest BCUT2D eigenvalue weighted by Gasteiger charge is 2.15. The third-order valence-corrected chi connectivity index (χ3v) is 5.84. The van der Waals surface area contributed by atoms with E-state index in [0.717, 1.165) is 11.6 Å². The zero-order chi connectivity index (χ0) is 18.6. The third-order valence-electron chi connectivity index (χ3n) is 3.77. The number of urea groups is 1. The number of halogens is 1. The molecule has 0 aliphatic heterocycles. The Morgan fingerprint density at radius 2 is 1.72 bits per heavy atom. The summed E-state index contributed by atoms with van der Waals surface area (Å²) in [5, 5.41) is 6.38. The molecule has 0 aliphatic carbocycles. The van der Waals surface area contributed by atoms with E-state index < -0.39 is 25.8 Å². The Morgan fingerprint density at radius 3 is 2.28 bits per heavy atom. The average molecular weight is 359 g/mol. The molecule has 0 saturated heterocycles. The first-order valence-electron chi connectivity index (χ1n) is 7.90. The normalized spacial score (nSPS) is 11.0. The van der Waals surface area contributed by atoms with Gasteiger partial charge in [0, 0.05) is 12.1 Å². The van der Waals surface area contributed by atoms with E-state index in [9.17, 15) is 14.0 Å². The maximum atomic E-state index is 13.7. The Labute approximate surface area is 147 Å². The Bertz CT molecular complexity index is 786. The number of benzene rings is 2. The van der Waals surface area contributed by atoms with Gasteiger partial charge in [-0.15, -0.1) is 0 Å². The van der Waals surface area contributed by atoms with E-state index in [1.165, 1.54) is 17.3 Å². The minimum Gasteiger partial charge on any atom is -0.366 e. The van der Waals surface area contributed by atoms with Crippen molar-refractivity contribution < 1.29 is 14.0 Å². The summed E-state index contributed by atoms with van der Waals surface area (Å²) >= 11 is 0. The fourth-order valence-electron chi connectivity index (χ4n) is 2.25. The summed E-state index contributed by atoms with van der Waals surface area (Å²) in [6.45, 7) is 7.11. The highest BCUT2D eigenvalue weighted by molar-refractivity contribution is 6.88. The quantitative estimate of drug-likeness (QED) is 0.717. The molecule has 0 bridgehead atoms. The van der Waals surface area contributed by atoms with Gasteiger partial charge in [0.2, 0.25) is 5.91 Å². The lowest BCUT2D eigenvalue weighted by Crippen LogP contribution is -2.37. The number of anilines is 1. The summed E-state index contributed by atoms with van der Waals surface area (Å²) in [4.78, 5) is 23.1. The molecule has 0 fully saturated rings. The topological polar surface area (TPSA) is 84.2 Å². The molecule has 2 rings (SSSR count). The number of carbonyl (C=O) groups excluding carboxylic acids is 2. The molecule has 0 spiro atoms. The van der Waals surface area contributed by atoms with E-state index in [2.05, 4.69) is 42.4 Å². The van der Waals surface area contributed by atoms with Crippen molar-refractivity contribution in [2.75, 3.05) is 5.32 Å². The van der Waals surface area contributed by atoms with Gasteiger partial charge in [-0.2, -0.15) is 0 Å². The van der Waals surface area contributed by atoms with Gasteiger partial charge in [0.1, 0.15) is 5.82 Å². The van der Waals surface area contributed by atoms with Crippen LogP contribution in [0.1, 0.15) is 15.9 Å². The minimum atomic E-state index is -1.35. The van der Waals surface area contributed by atoms with E-state index in [1.54, 1.807) is 0 Å². The monoisotopic (exact) mass is 359 g/mol. The van der Waals surface area contributed by atoms with Crippen molar-refractivity contribution in [1.29, 1.82) is 0 Å². The van der Waals surface area contributed by atoms with Crippen LogP contribution in [0.25, 0.3) is 0 Å². The molecule has 0 aliphatic rings. The molecule has 0 saturated carbocycles. The molecule has 0 unspecified atom stereocenters. The van der Waals surface area contributed by atoms with Crippen LogP contribution in [0.15, 0.2) is 42.5 Å². The summed E-state index contributed by atoms with van der Waals surface area (Å²) in [5.41, 5.74) is 6.13. The zero-order valence-corrected chi connectivity index (χ0v) is 15.5. The van der Waals surface area contributed by atoms with Crippen LogP contribution in [0, 0.1) is 5.82 Å². The predicted octanol–water partition coefficient (Wildman–Crippen LogP) is 2.79. The molecule has 2 aromatic rings. The van der Waals surface area contributed by atoms with Crippen LogP contribution >= 0.6 is 0 Å². The molecule has 4 N–H and O–H groups in total. The van der Waals surface area contributed by atoms with Crippen molar-refractivity contribution in [1.82, 2.24) is 5.32 Å². The van der Waals surface area contributed by atoms with Crippen LogP contribution in [0.2, 0.25) is 19.6 Å². The summed E-state index contributed by atoms with van der Waals surface area (Å²) < 4.78 is 13.7. The van der Waals surface area contributed by atoms with Gasteiger partial charge < -0.3 is 16.4 Å². The van der Waals surface area contributed by atoms with Gasteiger partial charge >= 0.3 is 6.03 Å². The molecule has 132 valence electrons. The van der Waals surface area contributed by atoms with Crippen LogP contribution < -0.4 is 21.6 Å². The molecule has 0 radical (unpaired) electrons. The van der Waals surface area contributed by atoms with Gasteiger partial charge in [-0.25, -0.2) is 9.18 Å². The average Bonchev–Trinajstić information content (AvgIpc) is 2.54. The molecule has 2 aromatic carbocycles. The highest BCUT2D eigenvalue weighted by atomic mass is 28.3. The first-order valence-corrected chi connectivity index (χ1v) is 11.4. The van der Waals surface area contributed by atoms with Gasteiger partial charge in [-0.3, -0.25) is 4.79 Å². The second kappa shape index (κ2) is 7.48. The largest absolute Gasteiger partial charge is 0.366 e. The summed E-state index contributed by atoms with van der Waals surface area (Å²) in [6.07, 6.45) is 0. The second-order valence-corrected chi connectivity index (χ2v) is 11.9. The lowest BCUT2D eigenvalue weighted by atomic mass is 10.2. The second-order valence-electron chi connectivity index (χ2n) is 6.81. The SMILES string of the molecule is C[Si](C)(C)c1ccc(CNC(=O)Nc2cc(C(N)=O)ccc2F)cc1. The molecule has 0 aromatic heterocycles. The number of rotatable bonds is 5. The number of carbonyl (C=O) groups is 2. The number of hydrogen-bond donors (Lipinski definition) is 3. The van der Waals surface area contributed by atoms with Crippen molar-refractivity contribution in [2.45, 2.75) is 26.2 Å². The molecule has 0 atom stereocenters. The smallest absolute Gasteiger partial charge is 0.319 e. The lowest BCUT2D eigenvalue weighted by Gasteiger charge is -2.17. The first kappa shape index (κ1) is 18.7. The van der Waals surface area contributed by atoms with Crippen molar-refractivity contribution in [3.05, 3.63) is 59.4 Å². The standard InChI is InChI=1S/C18H22FN3O2Si/c1-25(2,3)14-7-4-12(5-8-14)11-21-18(24)22-16-10-13(17(20)23)6-9-15(16)19/h4-10H,11H2,1-3H3,(H2,20,23)(H2,21,22,24). The Kier molecular flexibility index (Phi) is 5.58. The van der Waals surface area contributed by atoms with E-state index in [-0.39, 0.29) is 11.3 Å². The zero-order valence-electron chi connectivity index (χ0n) is 14.5. The fraction of sp³-hybridized carbons (Fsp3) is 0.222. The summed E-state index contributed by atoms with van der Waals surface area (Å²) in [7, 11) is -1.35. The van der Waals surface area contributed by atoms with Gasteiger partial charge in [0.15, 0.2) is 0 Å². The molecular formula is C18H22FN3O2Si. The Hall–Kier alpha value is -2.67. The Balaban J connectivity index is 1.97. The number of hydrogen-bond acceptors (Lipinski definition) is 2. The maximum Gasteiger partial charge on any atom is 0.319 e. The number of amides is 3. The van der Waals surface area contributed by atoms with Crippen LogP contribution in [-0.2, 0) is 6.54 Å².